The Hall–Kier alpha value is -0.790. The largest absolute Gasteiger partial charge is 0.208 e. The number of rotatable bonds is 4. The van der Waals surface area contributed by atoms with Crippen molar-refractivity contribution in [3.8, 4) is 0 Å². The first-order valence-corrected chi connectivity index (χ1v) is 9.28. The van der Waals surface area contributed by atoms with Crippen LogP contribution < -0.4 is 4.68 Å². The van der Waals surface area contributed by atoms with Crippen LogP contribution in [-0.2, 0) is 26.9 Å². The van der Waals surface area contributed by atoms with Crippen LogP contribution in [-0.4, -0.2) is 4.68 Å². The van der Waals surface area contributed by atoms with Crippen molar-refractivity contribution < 1.29 is 4.68 Å². The lowest BCUT2D eigenvalue weighted by Gasteiger charge is -2.20. The fourth-order valence-corrected chi connectivity index (χ4v) is 4.52. The number of aromatic nitrogens is 2. The second-order valence-electron chi connectivity index (χ2n) is 7.59. The molecule has 21 heavy (non-hydrogen) atoms. The third-order valence-electron chi connectivity index (χ3n) is 6.06. The molecule has 0 aliphatic heterocycles. The predicted molar refractivity (Wildman–Crippen MR) is 87.1 cm³/mol. The van der Waals surface area contributed by atoms with E-state index in [1.54, 1.807) is 11.4 Å². The van der Waals surface area contributed by atoms with Gasteiger partial charge in [0.15, 0.2) is 7.05 Å². The van der Waals surface area contributed by atoms with Crippen molar-refractivity contribution >= 4 is 0 Å². The molecule has 0 spiro atoms. The highest BCUT2D eigenvalue weighted by molar-refractivity contribution is 5.07. The van der Waals surface area contributed by atoms with Gasteiger partial charge < -0.3 is 0 Å². The molecule has 0 saturated heterocycles. The molecule has 0 radical (unpaired) electrons. The minimum atomic E-state index is 0.940. The maximum Gasteiger partial charge on any atom is 0.208 e. The highest BCUT2D eigenvalue weighted by atomic mass is 15.4. The van der Waals surface area contributed by atoms with Crippen LogP contribution >= 0.6 is 0 Å². The molecule has 1 aromatic rings. The van der Waals surface area contributed by atoms with Crippen LogP contribution in [0, 0.1) is 11.8 Å². The second kappa shape index (κ2) is 6.98. The summed E-state index contributed by atoms with van der Waals surface area (Å²) in [4.78, 5) is 0. The molecule has 1 aromatic heterocycles. The molecule has 2 aliphatic rings. The van der Waals surface area contributed by atoms with Gasteiger partial charge in [-0.2, -0.15) is 4.68 Å². The van der Waals surface area contributed by atoms with Gasteiger partial charge in [-0.05, 0) is 31.1 Å². The molecule has 2 fully saturated rings. The molecule has 2 saturated carbocycles. The molecule has 0 aromatic carbocycles. The van der Waals surface area contributed by atoms with Crippen molar-refractivity contribution in [2.24, 2.45) is 25.9 Å². The van der Waals surface area contributed by atoms with E-state index in [9.17, 15) is 0 Å². The third kappa shape index (κ3) is 3.70. The van der Waals surface area contributed by atoms with Crippen LogP contribution in [0.4, 0.5) is 0 Å². The predicted octanol–water partition coefficient (Wildman–Crippen LogP) is 4.10. The zero-order valence-electron chi connectivity index (χ0n) is 14.1. The minimum Gasteiger partial charge on any atom is -0.161 e. The van der Waals surface area contributed by atoms with Crippen molar-refractivity contribution in [2.45, 2.75) is 77.0 Å². The summed E-state index contributed by atoms with van der Waals surface area (Å²) >= 11 is 0. The topological polar surface area (TPSA) is 8.81 Å². The van der Waals surface area contributed by atoms with E-state index in [1.165, 1.54) is 77.0 Å². The number of nitrogens with zero attached hydrogens (tertiary/aromatic N) is 2. The van der Waals surface area contributed by atoms with E-state index in [-0.39, 0.29) is 0 Å². The molecule has 2 aliphatic carbocycles. The lowest BCUT2D eigenvalue weighted by Crippen LogP contribution is -2.42. The Morgan fingerprint density at radius 1 is 0.905 bits per heavy atom. The van der Waals surface area contributed by atoms with Crippen LogP contribution in [0.15, 0.2) is 6.07 Å². The first-order valence-electron chi connectivity index (χ1n) is 9.28. The Balaban J connectivity index is 1.65. The third-order valence-corrected chi connectivity index (χ3v) is 6.06. The van der Waals surface area contributed by atoms with E-state index in [0.29, 0.717) is 0 Å². The molecule has 2 nitrogen and oxygen atoms in total. The fourth-order valence-electron chi connectivity index (χ4n) is 4.52. The summed E-state index contributed by atoms with van der Waals surface area (Å²) in [5, 5.41) is 0. The van der Waals surface area contributed by atoms with E-state index in [2.05, 4.69) is 29.5 Å². The standard InChI is InChI=1S/C19H33N2/c1-20-18(13-16-9-5-3-6-10-16)15-19(21(20)2)14-17-11-7-4-8-12-17/h15-17H,3-14H2,1-2H3/q+1. The summed E-state index contributed by atoms with van der Waals surface area (Å²) in [5.41, 5.74) is 3.13. The summed E-state index contributed by atoms with van der Waals surface area (Å²) in [7, 11) is 4.51. The molecule has 0 N–H and O–H groups in total. The van der Waals surface area contributed by atoms with Crippen molar-refractivity contribution in [3.05, 3.63) is 17.5 Å². The van der Waals surface area contributed by atoms with Crippen molar-refractivity contribution in [2.75, 3.05) is 0 Å². The lowest BCUT2D eigenvalue weighted by atomic mass is 9.85. The average molecular weight is 289 g/mol. The quantitative estimate of drug-likeness (QED) is 0.738. The lowest BCUT2D eigenvalue weighted by molar-refractivity contribution is -0.758. The van der Waals surface area contributed by atoms with Gasteiger partial charge in [0.2, 0.25) is 5.69 Å². The van der Waals surface area contributed by atoms with Gasteiger partial charge in [0.05, 0.1) is 12.7 Å². The summed E-state index contributed by atoms with van der Waals surface area (Å²) < 4.78 is 4.82. The normalized spacial score (nSPS) is 21.8. The van der Waals surface area contributed by atoms with E-state index in [4.69, 9.17) is 0 Å². The molecule has 2 heteroatoms. The Bertz CT molecular complexity index is 408. The van der Waals surface area contributed by atoms with Gasteiger partial charge in [0.25, 0.3) is 0 Å². The van der Waals surface area contributed by atoms with E-state index >= 15 is 0 Å². The van der Waals surface area contributed by atoms with E-state index < -0.39 is 0 Å². The van der Waals surface area contributed by atoms with Crippen LogP contribution in [0.5, 0.6) is 0 Å². The minimum absolute atomic E-state index is 0.940. The van der Waals surface area contributed by atoms with Gasteiger partial charge in [-0.25, -0.2) is 0 Å². The number of hydrogen-bond donors (Lipinski definition) is 0. The van der Waals surface area contributed by atoms with Crippen LogP contribution in [0.25, 0.3) is 0 Å². The smallest absolute Gasteiger partial charge is 0.161 e. The zero-order valence-corrected chi connectivity index (χ0v) is 14.1. The van der Waals surface area contributed by atoms with E-state index in [1.807, 2.05) is 0 Å². The Morgan fingerprint density at radius 3 is 2.00 bits per heavy atom. The Morgan fingerprint density at radius 2 is 1.43 bits per heavy atom. The van der Waals surface area contributed by atoms with Gasteiger partial charge in [-0.3, -0.25) is 0 Å². The SMILES string of the molecule is Cn1c(CC2CCCCC2)cc(CC2CCCCC2)[n+]1C. The molecular weight excluding hydrogens is 256 g/mol. The van der Waals surface area contributed by atoms with Crippen LogP contribution in [0.3, 0.4) is 0 Å². The highest BCUT2D eigenvalue weighted by Gasteiger charge is 2.24. The second-order valence-corrected chi connectivity index (χ2v) is 7.59. The molecule has 0 unspecified atom stereocenters. The summed E-state index contributed by atoms with van der Waals surface area (Å²) in [6.07, 6.45) is 17.1. The maximum atomic E-state index is 2.52. The van der Waals surface area contributed by atoms with Crippen LogP contribution in [0.2, 0.25) is 0 Å². The monoisotopic (exact) mass is 289 g/mol. The summed E-state index contributed by atoms with van der Waals surface area (Å²) in [5.74, 6) is 1.88. The summed E-state index contributed by atoms with van der Waals surface area (Å²) in [6.45, 7) is 0. The van der Waals surface area contributed by atoms with Crippen molar-refractivity contribution in [1.82, 2.24) is 4.68 Å². The molecule has 118 valence electrons. The summed E-state index contributed by atoms with van der Waals surface area (Å²) in [6, 6.07) is 2.52. The van der Waals surface area contributed by atoms with E-state index in [0.717, 1.165) is 11.8 Å². The average Bonchev–Trinajstić information content (AvgIpc) is 2.78. The van der Waals surface area contributed by atoms with Gasteiger partial charge in [-0.1, -0.05) is 51.4 Å². The Kier molecular flexibility index (Phi) is 5.03. The van der Waals surface area contributed by atoms with Crippen LogP contribution in [0.1, 0.15) is 75.6 Å². The molecule has 0 bridgehead atoms. The highest BCUT2D eigenvalue weighted by Crippen LogP contribution is 2.28. The fraction of sp³-hybridized carbons (Fsp3) is 0.842. The maximum absolute atomic E-state index is 2.52. The van der Waals surface area contributed by atoms with Gasteiger partial charge >= 0.3 is 0 Å². The first-order chi connectivity index (χ1) is 10.2. The van der Waals surface area contributed by atoms with Crippen molar-refractivity contribution in [1.29, 1.82) is 0 Å². The molecule has 1 heterocycles. The molecule has 0 amide bonds. The zero-order chi connectivity index (χ0) is 14.7. The molecule has 3 rings (SSSR count). The van der Waals surface area contributed by atoms with Gasteiger partial charge in [-0.15, -0.1) is 4.68 Å². The van der Waals surface area contributed by atoms with Crippen molar-refractivity contribution in [3.63, 3.8) is 0 Å². The first kappa shape index (κ1) is 15.1. The number of hydrogen-bond acceptors (Lipinski definition) is 0. The Labute approximate surface area is 130 Å². The molecular formula is C19H33N2+. The van der Waals surface area contributed by atoms with Gasteiger partial charge in [0.1, 0.15) is 0 Å². The van der Waals surface area contributed by atoms with Gasteiger partial charge in [0, 0.05) is 12.5 Å². The molecule has 0 atom stereocenters.